The highest BCUT2D eigenvalue weighted by molar-refractivity contribution is 5.70. The first-order chi connectivity index (χ1) is 14.9. The van der Waals surface area contributed by atoms with Crippen LogP contribution in [0.4, 0.5) is 9.59 Å². The van der Waals surface area contributed by atoms with Gasteiger partial charge in [0.15, 0.2) is 0 Å². The molecule has 2 aromatic rings. The molecule has 2 amide bonds. The number of carbonyl (C=O) groups excluding carboxylic acids is 2. The molecule has 2 N–H and O–H groups in total. The molecule has 32 heavy (non-hydrogen) atoms. The Balaban J connectivity index is 2.44. The summed E-state index contributed by atoms with van der Waals surface area (Å²) in [5.74, 6) is -0.135. The van der Waals surface area contributed by atoms with Gasteiger partial charge in [-0.05, 0) is 52.7 Å². The second kappa shape index (κ2) is 10.5. The van der Waals surface area contributed by atoms with Crippen molar-refractivity contribution in [3.05, 3.63) is 71.8 Å². The molecule has 2 aromatic carbocycles. The average molecular weight is 441 g/mol. The Kier molecular flexibility index (Phi) is 8.31. The topological polar surface area (TPSA) is 76.7 Å². The van der Waals surface area contributed by atoms with Crippen molar-refractivity contribution in [2.75, 3.05) is 0 Å². The van der Waals surface area contributed by atoms with Gasteiger partial charge in [-0.3, -0.25) is 0 Å². The molecule has 2 rings (SSSR count). The Morgan fingerprint density at radius 1 is 0.688 bits per heavy atom. The van der Waals surface area contributed by atoms with E-state index in [2.05, 4.69) is 10.6 Å². The summed E-state index contributed by atoms with van der Waals surface area (Å²) in [7, 11) is 0. The van der Waals surface area contributed by atoms with Crippen LogP contribution in [-0.2, 0) is 9.47 Å². The van der Waals surface area contributed by atoms with Gasteiger partial charge in [0.05, 0.1) is 12.1 Å². The number of alkyl carbamates (subject to hydrolysis) is 2. The van der Waals surface area contributed by atoms with E-state index in [1.54, 1.807) is 0 Å². The fourth-order valence-electron chi connectivity index (χ4n) is 3.38. The first-order valence-electron chi connectivity index (χ1n) is 10.9. The number of benzene rings is 2. The quantitative estimate of drug-likeness (QED) is 0.582. The first kappa shape index (κ1) is 25.2. The van der Waals surface area contributed by atoms with Crippen LogP contribution in [0.5, 0.6) is 0 Å². The van der Waals surface area contributed by atoms with E-state index in [1.165, 1.54) is 0 Å². The fraction of sp³-hybridized carbons (Fsp3) is 0.462. The number of ether oxygens (including phenoxy) is 2. The third-order valence-electron chi connectivity index (χ3n) is 4.74. The summed E-state index contributed by atoms with van der Waals surface area (Å²) >= 11 is 0. The summed E-state index contributed by atoms with van der Waals surface area (Å²) in [6.45, 7) is 12.9. The van der Waals surface area contributed by atoms with Crippen molar-refractivity contribution in [3.63, 3.8) is 0 Å². The highest BCUT2D eigenvalue weighted by Gasteiger charge is 2.34. The van der Waals surface area contributed by atoms with Crippen molar-refractivity contribution in [1.29, 1.82) is 0 Å². The highest BCUT2D eigenvalue weighted by Crippen LogP contribution is 2.30. The van der Waals surface area contributed by atoms with Gasteiger partial charge in [0.1, 0.15) is 11.2 Å². The SMILES string of the molecule is CC(c1ccccc1)[C@H](NC(=O)OC(C)(C)C)[C@@H](NC(=O)OC(C)(C)C)c1ccccc1. The zero-order valence-electron chi connectivity index (χ0n) is 20.1. The van der Waals surface area contributed by atoms with Crippen LogP contribution in [0.25, 0.3) is 0 Å². The van der Waals surface area contributed by atoms with E-state index in [9.17, 15) is 9.59 Å². The first-order valence-corrected chi connectivity index (χ1v) is 10.9. The lowest BCUT2D eigenvalue weighted by Gasteiger charge is -2.35. The normalized spacial score (nSPS) is 14.6. The zero-order chi connectivity index (χ0) is 23.9. The maximum atomic E-state index is 12.8. The number of nitrogens with one attached hydrogen (secondary N) is 2. The molecule has 0 aliphatic heterocycles. The van der Waals surface area contributed by atoms with Crippen LogP contribution in [0.2, 0.25) is 0 Å². The molecule has 0 spiro atoms. The molecule has 0 fully saturated rings. The molecule has 0 saturated heterocycles. The summed E-state index contributed by atoms with van der Waals surface area (Å²) in [5.41, 5.74) is 0.582. The van der Waals surface area contributed by atoms with Crippen molar-refractivity contribution >= 4 is 12.2 Å². The molecule has 3 atom stereocenters. The summed E-state index contributed by atoms with van der Waals surface area (Å²) in [5, 5.41) is 5.98. The van der Waals surface area contributed by atoms with Crippen LogP contribution in [0, 0.1) is 0 Å². The van der Waals surface area contributed by atoms with Crippen LogP contribution in [-0.4, -0.2) is 29.4 Å². The summed E-state index contributed by atoms with van der Waals surface area (Å²) in [4.78, 5) is 25.5. The minimum atomic E-state index is -0.648. The number of hydrogen-bond donors (Lipinski definition) is 2. The lowest BCUT2D eigenvalue weighted by Crippen LogP contribution is -2.50. The molecule has 0 radical (unpaired) electrons. The van der Waals surface area contributed by atoms with E-state index < -0.39 is 35.5 Å². The Hall–Kier alpha value is -3.02. The number of hydrogen-bond acceptors (Lipinski definition) is 4. The van der Waals surface area contributed by atoms with E-state index in [0.717, 1.165) is 11.1 Å². The van der Waals surface area contributed by atoms with Gasteiger partial charge in [-0.2, -0.15) is 0 Å². The summed E-state index contributed by atoms with van der Waals surface area (Å²) in [6.07, 6.45) is -1.10. The smallest absolute Gasteiger partial charge is 0.408 e. The van der Waals surface area contributed by atoms with Crippen molar-refractivity contribution in [1.82, 2.24) is 10.6 Å². The van der Waals surface area contributed by atoms with E-state index >= 15 is 0 Å². The van der Waals surface area contributed by atoms with Crippen molar-refractivity contribution in [2.24, 2.45) is 0 Å². The van der Waals surface area contributed by atoms with Crippen LogP contribution >= 0.6 is 0 Å². The molecule has 0 aliphatic rings. The molecule has 6 nitrogen and oxygen atoms in total. The maximum absolute atomic E-state index is 12.8. The molecule has 1 unspecified atom stereocenters. The molecule has 174 valence electrons. The predicted octanol–water partition coefficient (Wildman–Crippen LogP) is 5.95. The minimum absolute atomic E-state index is 0.135. The summed E-state index contributed by atoms with van der Waals surface area (Å²) in [6, 6.07) is 18.4. The van der Waals surface area contributed by atoms with Gasteiger partial charge in [-0.25, -0.2) is 9.59 Å². The van der Waals surface area contributed by atoms with Gasteiger partial charge >= 0.3 is 12.2 Å². The molecular formula is C26H36N2O4. The van der Waals surface area contributed by atoms with E-state index in [-0.39, 0.29) is 5.92 Å². The van der Waals surface area contributed by atoms with Gasteiger partial charge in [-0.15, -0.1) is 0 Å². The van der Waals surface area contributed by atoms with Gasteiger partial charge in [0.25, 0.3) is 0 Å². The molecule has 0 heterocycles. The van der Waals surface area contributed by atoms with E-state index in [4.69, 9.17) is 9.47 Å². The molecule has 0 aromatic heterocycles. The van der Waals surface area contributed by atoms with Crippen LogP contribution in [0.3, 0.4) is 0 Å². The van der Waals surface area contributed by atoms with Gasteiger partial charge in [-0.1, -0.05) is 67.6 Å². The Morgan fingerprint density at radius 2 is 1.09 bits per heavy atom. The predicted molar refractivity (Wildman–Crippen MR) is 127 cm³/mol. The molecule has 6 heteroatoms. The third kappa shape index (κ3) is 8.25. The number of rotatable bonds is 6. The maximum Gasteiger partial charge on any atom is 0.408 e. The van der Waals surface area contributed by atoms with Crippen molar-refractivity contribution in [3.8, 4) is 0 Å². The Labute approximate surface area is 191 Å². The molecule has 0 saturated carbocycles. The van der Waals surface area contributed by atoms with Crippen LogP contribution < -0.4 is 10.6 Å². The fourth-order valence-corrected chi connectivity index (χ4v) is 3.38. The zero-order valence-corrected chi connectivity index (χ0v) is 20.1. The molecular weight excluding hydrogens is 404 g/mol. The van der Waals surface area contributed by atoms with Crippen molar-refractivity contribution in [2.45, 2.75) is 77.7 Å². The Morgan fingerprint density at radius 3 is 1.53 bits per heavy atom. The number of carbonyl (C=O) groups is 2. The summed E-state index contributed by atoms with van der Waals surface area (Å²) < 4.78 is 11.0. The van der Waals surface area contributed by atoms with Crippen LogP contribution in [0.1, 0.15) is 71.6 Å². The average Bonchev–Trinajstić information content (AvgIpc) is 2.68. The second-order valence-corrected chi connectivity index (χ2v) is 9.91. The highest BCUT2D eigenvalue weighted by atomic mass is 16.6. The molecule has 0 aliphatic carbocycles. The van der Waals surface area contributed by atoms with Gasteiger partial charge in [0.2, 0.25) is 0 Å². The lowest BCUT2D eigenvalue weighted by atomic mass is 9.85. The Bertz CT molecular complexity index is 870. The van der Waals surface area contributed by atoms with E-state index in [0.29, 0.717) is 0 Å². The minimum Gasteiger partial charge on any atom is -0.444 e. The van der Waals surface area contributed by atoms with Crippen LogP contribution in [0.15, 0.2) is 60.7 Å². The lowest BCUT2D eigenvalue weighted by molar-refractivity contribution is 0.0419. The van der Waals surface area contributed by atoms with Gasteiger partial charge in [0, 0.05) is 5.92 Å². The third-order valence-corrected chi connectivity index (χ3v) is 4.74. The monoisotopic (exact) mass is 440 g/mol. The van der Waals surface area contributed by atoms with Crippen molar-refractivity contribution < 1.29 is 19.1 Å². The molecule has 0 bridgehead atoms. The largest absolute Gasteiger partial charge is 0.444 e. The standard InChI is InChI=1S/C26H36N2O4/c1-18(19-14-10-8-11-15-19)21(27-23(29)31-25(2,3)4)22(20-16-12-9-13-17-20)28-24(30)32-26(5,6)7/h8-18,21-22H,1-7H3,(H,27,29)(H,28,30)/t18?,21-,22-/m0/s1. The second-order valence-electron chi connectivity index (χ2n) is 9.91. The number of amides is 2. The van der Waals surface area contributed by atoms with E-state index in [1.807, 2.05) is 109 Å². The van der Waals surface area contributed by atoms with Gasteiger partial charge < -0.3 is 20.1 Å².